The summed E-state index contributed by atoms with van der Waals surface area (Å²) in [6.45, 7) is 3.16. The smallest absolute Gasteiger partial charge is 0.317 e. The van der Waals surface area contributed by atoms with Gasteiger partial charge in [-0.05, 0) is 24.1 Å². The lowest BCUT2D eigenvalue weighted by Gasteiger charge is -2.20. The Labute approximate surface area is 142 Å². The van der Waals surface area contributed by atoms with Crippen molar-refractivity contribution in [3.8, 4) is 5.75 Å². The van der Waals surface area contributed by atoms with Gasteiger partial charge in [0.2, 0.25) is 0 Å². The molecule has 0 spiro atoms. The predicted molar refractivity (Wildman–Crippen MR) is 93.9 cm³/mol. The van der Waals surface area contributed by atoms with E-state index in [2.05, 4.69) is 5.32 Å². The third kappa shape index (κ3) is 4.99. The number of nitrogens with one attached hydrogen (secondary N) is 1. The molecule has 0 radical (unpaired) electrons. The zero-order valence-corrected chi connectivity index (χ0v) is 14.2. The summed E-state index contributed by atoms with van der Waals surface area (Å²) < 4.78 is 5.48. The van der Waals surface area contributed by atoms with E-state index in [1.165, 1.54) is 5.56 Å². The van der Waals surface area contributed by atoms with Crippen LogP contribution in [-0.4, -0.2) is 36.3 Å². The highest BCUT2D eigenvalue weighted by Crippen LogP contribution is 2.17. The van der Waals surface area contributed by atoms with E-state index >= 15 is 0 Å². The van der Waals surface area contributed by atoms with Crippen molar-refractivity contribution in [2.45, 2.75) is 20.0 Å². The zero-order valence-electron chi connectivity index (χ0n) is 14.2. The number of aryl methyl sites for hydroxylation is 1. The standard InChI is InChI=1S/C19H24N2O3/c1-15-7-3-4-9-17(15)14-21(2)19(23)20-13-16-8-5-6-10-18(16)24-12-11-22/h3-10,22H,11-14H2,1-2H3,(H,20,23). The van der Waals surface area contributed by atoms with Crippen LogP contribution in [0.25, 0.3) is 0 Å². The summed E-state index contributed by atoms with van der Waals surface area (Å²) in [6, 6.07) is 15.4. The number of ether oxygens (including phenoxy) is 1. The van der Waals surface area contributed by atoms with Crippen molar-refractivity contribution in [2.75, 3.05) is 20.3 Å². The first kappa shape index (κ1) is 17.8. The highest BCUT2D eigenvalue weighted by atomic mass is 16.5. The number of benzene rings is 2. The summed E-state index contributed by atoms with van der Waals surface area (Å²) in [5, 5.41) is 11.8. The number of hydrogen-bond acceptors (Lipinski definition) is 3. The monoisotopic (exact) mass is 328 g/mol. The van der Waals surface area contributed by atoms with Crippen molar-refractivity contribution in [3.63, 3.8) is 0 Å². The second kappa shape index (κ2) is 8.93. The molecule has 2 amide bonds. The second-order valence-corrected chi connectivity index (χ2v) is 5.62. The van der Waals surface area contributed by atoms with Crippen LogP contribution in [0.4, 0.5) is 4.79 Å². The minimum Gasteiger partial charge on any atom is -0.491 e. The molecule has 128 valence electrons. The molecule has 2 N–H and O–H groups in total. The topological polar surface area (TPSA) is 61.8 Å². The summed E-state index contributed by atoms with van der Waals surface area (Å²) in [4.78, 5) is 13.9. The molecule has 0 aliphatic carbocycles. The summed E-state index contributed by atoms with van der Waals surface area (Å²) in [7, 11) is 1.77. The molecule has 0 unspecified atom stereocenters. The molecule has 5 nitrogen and oxygen atoms in total. The van der Waals surface area contributed by atoms with Crippen molar-refractivity contribution in [1.82, 2.24) is 10.2 Å². The van der Waals surface area contributed by atoms with E-state index in [1.807, 2.05) is 55.5 Å². The Kier molecular flexibility index (Phi) is 6.63. The molecule has 2 rings (SSSR count). The van der Waals surface area contributed by atoms with Crippen molar-refractivity contribution in [2.24, 2.45) is 0 Å². The molecule has 0 saturated carbocycles. The Morgan fingerprint density at radius 3 is 2.50 bits per heavy atom. The lowest BCUT2D eigenvalue weighted by atomic mass is 10.1. The van der Waals surface area contributed by atoms with Gasteiger partial charge in [-0.2, -0.15) is 0 Å². The summed E-state index contributed by atoms with van der Waals surface area (Å²) in [5.74, 6) is 0.674. The van der Waals surface area contributed by atoms with E-state index in [0.29, 0.717) is 18.8 Å². The molecule has 0 heterocycles. The van der Waals surface area contributed by atoms with Gasteiger partial charge in [0.1, 0.15) is 12.4 Å². The number of nitrogens with zero attached hydrogens (tertiary/aromatic N) is 1. The van der Waals surface area contributed by atoms with Gasteiger partial charge in [-0.15, -0.1) is 0 Å². The molecule has 0 aliphatic rings. The number of urea groups is 1. The fraction of sp³-hybridized carbons (Fsp3) is 0.316. The predicted octanol–water partition coefficient (Wildman–Crippen LogP) is 2.71. The van der Waals surface area contributed by atoms with Gasteiger partial charge in [-0.25, -0.2) is 4.79 Å². The summed E-state index contributed by atoms with van der Waals surface area (Å²) in [5.41, 5.74) is 3.17. The van der Waals surface area contributed by atoms with Crippen LogP contribution in [0.1, 0.15) is 16.7 Å². The molecule has 0 fully saturated rings. The van der Waals surface area contributed by atoms with E-state index < -0.39 is 0 Å². The fourth-order valence-electron chi connectivity index (χ4n) is 2.37. The van der Waals surface area contributed by atoms with E-state index in [9.17, 15) is 4.79 Å². The number of carbonyl (C=O) groups excluding carboxylic acids is 1. The number of para-hydroxylation sites is 1. The quantitative estimate of drug-likeness (QED) is 0.821. The van der Waals surface area contributed by atoms with Crippen LogP contribution < -0.4 is 10.1 Å². The number of hydrogen-bond donors (Lipinski definition) is 2. The Hall–Kier alpha value is -2.53. The Morgan fingerprint density at radius 2 is 1.79 bits per heavy atom. The average molecular weight is 328 g/mol. The molecule has 24 heavy (non-hydrogen) atoms. The maximum Gasteiger partial charge on any atom is 0.317 e. The van der Waals surface area contributed by atoms with Crippen LogP contribution in [0.2, 0.25) is 0 Å². The van der Waals surface area contributed by atoms with Gasteiger partial charge in [0.25, 0.3) is 0 Å². The second-order valence-electron chi connectivity index (χ2n) is 5.62. The van der Waals surface area contributed by atoms with Gasteiger partial charge < -0.3 is 20.1 Å². The van der Waals surface area contributed by atoms with Gasteiger partial charge in [-0.1, -0.05) is 42.5 Å². The highest BCUT2D eigenvalue weighted by Gasteiger charge is 2.11. The van der Waals surface area contributed by atoms with Crippen LogP contribution in [0.3, 0.4) is 0 Å². The number of amides is 2. The normalized spacial score (nSPS) is 10.3. The van der Waals surface area contributed by atoms with Gasteiger partial charge in [0.05, 0.1) is 6.61 Å². The number of carbonyl (C=O) groups is 1. The molecule has 2 aromatic carbocycles. The molecule has 0 bridgehead atoms. The van der Waals surface area contributed by atoms with E-state index in [4.69, 9.17) is 9.84 Å². The maximum atomic E-state index is 12.3. The van der Waals surface area contributed by atoms with Crippen molar-refractivity contribution in [1.29, 1.82) is 0 Å². The molecule has 0 aliphatic heterocycles. The molecule has 0 atom stereocenters. The SMILES string of the molecule is Cc1ccccc1CN(C)C(=O)NCc1ccccc1OCCO. The zero-order chi connectivity index (χ0) is 17.4. The van der Waals surface area contributed by atoms with Crippen molar-refractivity contribution < 1.29 is 14.6 Å². The van der Waals surface area contributed by atoms with Crippen LogP contribution in [0.5, 0.6) is 5.75 Å². The fourth-order valence-corrected chi connectivity index (χ4v) is 2.37. The van der Waals surface area contributed by atoms with E-state index in [1.54, 1.807) is 11.9 Å². The average Bonchev–Trinajstić information content (AvgIpc) is 2.60. The first-order chi connectivity index (χ1) is 11.6. The largest absolute Gasteiger partial charge is 0.491 e. The highest BCUT2D eigenvalue weighted by molar-refractivity contribution is 5.74. The Balaban J connectivity index is 1.92. The third-order valence-electron chi connectivity index (χ3n) is 3.77. The first-order valence-corrected chi connectivity index (χ1v) is 7.97. The number of aliphatic hydroxyl groups excluding tert-OH is 1. The number of aliphatic hydroxyl groups is 1. The van der Waals surface area contributed by atoms with E-state index in [0.717, 1.165) is 11.1 Å². The first-order valence-electron chi connectivity index (χ1n) is 7.97. The minimum absolute atomic E-state index is 0.0418. The minimum atomic E-state index is -0.143. The van der Waals surface area contributed by atoms with Crippen molar-refractivity contribution in [3.05, 3.63) is 65.2 Å². The van der Waals surface area contributed by atoms with Gasteiger partial charge >= 0.3 is 6.03 Å². The van der Waals surface area contributed by atoms with Gasteiger partial charge in [-0.3, -0.25) is 0 Å². The molecular formula is C19H24N2O3. The van der Waals surface area contributed by atoms with Crippen LogP contribution in [0.15, 0.2) is 48.5 Å². The van der Waals surface area contributed by atoms with Crippen LogP contribution in [0, 0.1) is 6.92 Å². The van der Waals surface area contributed by atoms with Crippen molar-refractivity contribution >= 4 is 6.03 Å². The number of rotatable bonds is 7. The molecular weight excluding hydrogens is 304 g/mol. The van der Waals surface area contributed by atoms with Gasteiger partial charge in [0.15, 0.2) is 0 Å². The van der Waals surface area contributed by atoms with E-state index in [-0.39, 0.29) is 19.2 Å². The van der Waals surface area contributed by atoms with Crippen LogP contribution >= 0.6 is 0 Å². The molecule has 0 aromatic heterocycles. The van der Waals surface area contributed by atoms with Crippen LogP contribution in [-0.2, 0) is 13.1 Å². The molecule has 2 aromatic rings. The summed E-state index contributed by atoms with van der Waals surface area (Å²) in [6.07, 6.45) is 0. The summed E-state index contributed by atoms with van der Waals surface area (Å²) >= 11 is 0. The lowest BCUT2D eigenvalue weighted by molar-refractivity contribution is 0.198. The lowest BCUT2D eigenvalue weighted by Crippen LogP contribution is -2.36. The maximum absolute atomic E-state index is 12.3. The Morgan fingerprint density at radius 1 is 1.12 bits per heavy atom. The Bertz CT molecular complexity index is 673. The molecule has 0 saturated heterocycles. The third-order valence-corrected chi connectivity index (χ3v) is 3.77. The molecule has 5 heteroatoms. The van der Waals surface area contributed by atoms with Gasteiger partial charge in [0, 0.05) is 25.7 Å².